The Hall–Kier alpha value is -1.89. The van der Waals surface area contributed by atoms with Crippen LogP contribution in [-0.2, 0) is 25.5 Å². The third-order valence-electron chi connectivity index (χ3n) is 2.14. The zero-order valence-electron chi connectivity index (χ0n) is 9.00. The summed E-state index contributed by atoms with van der Waals surface area (Å²) in [7, 11) is -3.78. The summed E-state index contributed by atoms with van der Waals surface area (Å²) in [6, 6.07) is 3.54. The molecule has 0 spiro atoms. The second-order valence-corrected chi connectivity index (χ2v) is 5.15. The Bertz CT molecular complexity index is 592. The van der Waals surface area contributed by atoms with E-state index in [9.17, 15) is 13.2 Å². The molecule has 0 amide bonds. The minimum atomic E-state index is -3.78. The molecule has 1 aromatic heterocycles. The van der Waals surface area contributed by atoms with Crippen LogP contribution in [0.2, 0.25) is 0 Å². The number of hydrogen-bond donors (Lipinski definition) is 1. The largest absolute Gasteiger partial charge is 0.351 e. The monoisotopic (exact) mass is 254 g/mol. The third-order valence-corrected chi connectivity index (χ3v) is 2.60. The van der Waals surface area contributed by atoms with Crippen LogP contribution in [0.3, 0.4) is 0 Å². The first-order chi connectivity index (χ1) is 7.96. The molecule has 0 atom stereocenters. The van der Waals surface area contributed by atoms with Gasteiger partial charge in [0.05, 0.1) is 11.8 Å². The average Bonchev–Trinajstić information content (AvgIpc) is 2.26. The Kier molecular flexibility index (Phi) is 2.84. The molecule has 2 rings (SSSR count). The number of nitrogens with one attached hydrogen (secondary N) is 1. The van der Waals surface area contributed by atoms with Gasteiger partial charge < -0.3 is 9.50 Å². The van der Waals surface area contributed by atoms with Gasteiger partial charge in [-0.05, 0) is 11.6 Å². The standard InChI is InChI=1S/C10H10N2O4S/c1-17(14,15)16-10(13)8-5-7-3-2-4-11-9(7)12-6-8/h2-4,6H,5H2,1H3,(H,11,12). The molecule has 0 saturated heterocycles. The minimum absolute atomic E-state index is 0.246. The highest BCUT2D eigenvalue weighted by atomic mass is 32.2. The number of carbonyl (C=O) groups is 1. The van der Waals surface area contributed by atoms with E-state index in [1.54, 1.807) is 18.3 Å². The summed E-state index contributed by atoms with van der Waals surface area (Å²) in [5.74, 6) is -0.210. The molecule has 7 heteroatoms. The topological polar surface area (TPSA) is 85.4 Å². The molecule has 0 fully saturated rings. The smallest absolute Gasteiger partial charge is 0.346 e. The van der Waals surface area contributed by atoms with Crippen molar-refractivity contribution in [1.29, 1.82) is 0 Å². The van der Waals surface area contributed by atoms with E-state index in [0.717, 1.165) is 11.8 Å². The lowest BCUT2D eigenvalue weighted by atomic mass is 10.0. The summed E-state index contributed by atoms with van der Waals surface area (Å²) in [6.07, 6.45) is 4.16. The van der Waals surface area contributed by atoms with E-state index in [2.05, 4.69) is 14.5 Å². The van der Waals surface area contributed by atoms with Crippen LogP contribution in [0.5, 0.6) is 0 Å². The maximum atomic E-state index is 11.5. The Morgan fingerprint density at radius 3 is 3.00 bits per heavy atom. The van der Waals surface area contributed by atoms with Crippen molar-refractivity contribution in [2.45, 2.75) is 6.42 Å². The average molecular weight is 254 g/mol. The summed E-state index contributed by atoms with van der Waals surface area (Å²) in [4.78, 5) is 15.6. The molecule has 1 aliphatic heterocycles. The van der Waals surface area contributed by atoms with Crippen molar-refractivity contribution in [3.63, 3.8) is 0 Å². The third kappa shape index (κ3) is 2.82. The molecule has 0 saturated carbocycles. The molecule has 90 valence electrons. The maximum Gasteiger partial charge on any atom is 0.351 e. The lowest BCUT2D eigenvalue weighted by molar-refractivity contribution is -0.129. The predicted molar refractivity (Wildman–Crippen MR) is 60.6 cm³/mol. The molecule has 17 heavy (non-hydrogen) atoms. The van der Waals surface area contributed by atoms with E-state index in [0.29, 0.717) is 12.2 Å². The van der Waals surface area contributed by atoms with Crippen molar-refractivity contribution in [3.05, 3.63) is 35.7 Å². The van der Waals surface area contributed by atoms with Crippen LogP contribution in [-0.4, -0.2) is 25.6 Å². The first kappa shape index (κ1) is 11.6. The number of aromatic nitrogens is 1. The van der Waals surface area contributed by atoms with Gasteiger partial charge in [-0.15, -0.1) is 0 Å². The molecular weight excluding hydrogens is 244 g/mol. The zero-order valence-corrected chi connectivity index (χ0v) is 9.82. The summed E-state index contributed by atoms with van der Waals surface area (Å²) in [5.41, 5.74) is 1.06. The number of fused-ring (bicyclic) bond motifs is 1. The van der Waals surface area contributed by atoms with Crippen LogP contribution >= 0.6 is 0 Å². The molecule has 0 unspecified atom stereocenters. The van der Waals surface area contributed by atoms with Gasteiger partial charge in [-0.3, -0.25) is 0 Å². The van der Waals surface area contributed by atoms with Crippen LogP contribution < -0.4 is 5.32 Å². The van der Waals surface area contributed by atoms with Crippen LogP contribution in [0.1, 0.15) is 5.56 Å². The van der Waals surface area contributed by atoms with E-state index in [4.69, 9.17) is 0 Å². The zero-order chi connectivity index (χ0) is 12.5. The van der Waals surface area contributed by atoms with E-state index >= 15 is 0 Å². The van der Waals surface area contributed by atoms with Crippen molar-refractivity contribution >= 4 is 21.9 Å². The van der Waals surface area contributed by atoms with Crippen LogP contribution in [0.15, 0.2) is 30.1 Å². The number of nitrogens with zero attached hydrogens (tertiary/aromatic N) is 1. The number of anilines is 1. The van der Waals surface area contributed by atoms with E-state index in [-0.39, 0.29) is 5.57 Å². The van der Waals surface area contributed by atoms with Gasteiger partial charge in [0.25, 0.3) is 0 Å². The second-order valence-electron chi connectivity index (χ2n) is 3.58. The normalized spacial score (nSPS) is 14.3. The fourth-order valence-electron chi connectivity index (χ4n) is 1.45. The van der Waals surface area contributed by atoms with Gasteiger partial charge >= 0.3 is 16.1 Å². The first-order valence-corrected chi connectivity index (χ1v) is 6.60. The fraction of sp³-hybridized carbons (Fsp3) is 0.200. The molecular formula is C10H10N2O4S. The fourth-order valence-corrected chi connectivity index (χ4v) is 1.83. The first-order valence-electron chi connectivity index (χ1n) is 4.79. The van der Waals surface area contributed by atoms with Crippen molar-refractivity contribution in [2.75, 3.05) is 11.6 Å². The molecule has 0 bridgehead atoms. The van der Waals surface area contributed by atoms with E-state index in [1.807, 2.05) is 0 Å². The number of hydrogen-bond acceptors (Lipinski definition) is 6. The van der Waals surface area contributed by atoms with Gasteiger partial charge in [-0.1, -0.05) is 6.07 Å². The molecule has 0 radical (unpaired) electrons. The summed E-state index contributed by atoms with van der Waals surface area (Å²) < 4.78 is 26.0. The highest BCUT2D eigenvalue weighted by Gasteiger charge is 2.21. The molecule has 0 aromatic carbocycles. The van der Waals surface area contributed by atoms with Gasteiger partial charge in [0.1, 0.15) is 5.82 Å². The maximum absolute atomic E-state index is 11.5. The van der Waals surface area contributed by atoms with Gasteiger partial charge in [0, 0.05) is 18.8 Å². The molecule has 6 nitrogen and oxygen atoms in total. The minimum Gasteiger partial charge on any atom is -0.346 e. The highest BCUT2D eigenvalue weighted by Crippen LogP contribution is 2.21. The Morgan fingerprint density at radius 2 is 2.29 bits per heavy atom. The van der Waals surface area contributed by atoms with Crippen LogP contribution in [0.25, 0.3) is 0 Å². The quantitative estimate of drug-likeness (QED) is 0.771. The summed E-state index contributed by atoms with van der Waals surface area (Å²) in [5, 5.41) is 2.81. The summed E-state index contributed by atoms with van der Waals surface area (Å²) >= 11 is 0. The van der Waals surface area contributed by atoms with E-state index < -0.39 is 16.1 Å². The van der Waals surface area contributed by atoms with Crippen molar-refractivity contribution in [1.82, 2.24) is 4.98 Å². The lowest BCUT2D eigenvalue weighted by Crippen LogP contribution is -2.18. The van der Waals surface area contributed by atoms with Gasteiger partial charge in [0.2, 0.25) is 0 Å². The van der Waals surface area contributed by atoms with Gasteiger partial charge in [-0.2, -0.15) is 8.42 Å². The van der Waals surface area contributed by atoms with Crippen LogP contribution in [0.4, 0.5) is 5.82 Å². The Morgan fingerprint density at radius 1 is 1.53 bits per heavy atom. The SMILES string of the molecule is CS(=O)(=O)OC(=O)C1=CNc2ncccc2C1. The Labute approximate surface area is 98.4 Å². The summed E-state index contributed by atoms with van der Waals surface area (Å²) in [6.45, 7) is 0. The van der Waals surface area contributed by atoms with Gasteiger partial charge in [-0.25, -0.2) is 9.78 Å². The Balaban J connectivity index is 2.17. The lowest BCUT2D eigenvalue weighted by Gasteiger charge is -2.15. The molecule has 1 aliphatic rings. The van der Waals surface area contributed by atoms with Crippen molar-refractivity contribution < 1.29 is 17.4 Å². The molecule has 1 N–H and O–H groups in total. The number of rotatable bonds is 2. The molecule has 0 aliphatic carbocycles. The molecule has 2 heterocycles. The van der Waals surface area contributed by atoms with Crippen molar-refractivity contribution in [2.24, 2.45) is 0 Å². The van der Waals surface area contributed by atoms with Gasteiger partial charge in [0.15, 0.2) is 0 Å². The van der Waals surface area contributed by atoms with Crippen LogP contribution in [0, 0.1) is 0 Å². The number of carbonyl (C=O) groups excluding carboxylic acids is 1. The van der Waals surface area contributed by atoms with Crippen molar-refractivity contribution in [3.8, 4) is 0 Å². The van der Waals surface area contributed by atoms with E-state index in [1.165, 1.54) is 6.20 Å². The molecule has 1 aromatic rings. The second kappa shape index (κ2) is 4.17. The number of pyridine rings is 1. The highest BCUT2D eigenvalue weighted by molar-refractivity contribution is 7.86. The predicted octanol–water partition coefficient (Wildman–Crippen LogP) is 0.436.